The van der Waals surface area contributed by atoms with E-state index in [4.69, 9.17) is 14.7 Å². The van der Waals surface area contributed by atoms with E-state index in [1.807, 2.05) is 6.07 Å². The second kappa shape index (κ2) is 9.23. The first-order valence-corrected chi connectivity index (χ1v) is 11.1. The summed E-state index contributed by atoms with van der Waals surface area (Å²) in [4.78, 5) is 21.7. The van der Waals surface area contributed by atoms with Gasteiger partial charge in [-0.15, -0.1) is 0 Å². The Labute approximate surface area is 182 Å². The van der Waals surface area contributed by atoms with E-state index in [9.17, 15) is 10.2 Å². The highest BCUT2D eigenvalue weighted by molar-refractivity contribution is 7.38. The third kappa shape index (κ3) is 6.68. The van der Waals surface area contributed by atoms with Gasteiger partial charge in [0.25, 0.3) is 0 Å². The largest absolute Gasteiger partial charge is 0.504 e. The second-order valence-electron chi connectivity index (χ2n) is 10.6. The van der Waals surface area contributed by atoms with Crippen molar-refractivity contribution in [1.29, 1.82) is 0 Å². The molecular formula is C24H37O5P. The van der Waals surface area contributed by atoms with E-state index in [1.54, 1.807) is 6.07 Å². The van der Waals surface area contributed by atoms with Crippen molar-refractivity contribution in [3.8, 4) is 22.6 Å². The van der Waals surface area contributed by atoms with E-state index < -0.39 is 8.60 Å². The molecule has 2 aromatic rings. The summed E-state index contributed by atoms with van der Waals surface area (Å²) in [5.41, 5.74) is 5.22. The van der Waals surface area contributed by atoms with Gasteiger partial charge in [0.1, 0.15) is 0 Å². The Bertz CT molecular complexity index is 831. The first-order valence-electron chi connectivity index (χ1n) is 9.95. The maximum Gasteiger partial charge on any atom is 0.324 e. The lowest BCUT2D eigenvalue weighted by atomic mass is 9.71. The van der Waals surface area contributed by atoms with Crippen molar-refractivity contribution < 1.29 is 24.9 Å². The smallest absolute Gasteiger partial charge is 0.324 e. The average Bonchev–Trinajstić information content (AvgIpc) is 2.53. The molecule has 0 saturated heterocycles. The Kier molecular flexibility index (Phi) is 8.12. The van der Waals surface area contributed by atoms with Crippen LogP contribution in [-0.4, -0.2) is 24.9 Å². The maximum absolute atomic E-state index is 10.6. The van der Waals surface area contributed by atoms with Crippen LogP contribution in [0, 0.1) is 0 Å². The molecule has 0 aliphatic rings. The van der Waals surface area contributed by atoms with E-state index in [0.717, 1.165) is 5.56 Å². The van der Waals surface area contributed by atoms with Gasteiger partial charge in [-0.25, -0.2) is 0 Å². The van der Waals surface area contributed by atoms with Crippen molar-refractivity contribution >= 4 is 8.60 Å². The Hall–Kier alpha value is -1.65. The summed E-state index contributed by atoms with van der Waals surface area (Å²) in [6.07, 6.45) is 0. The zero-order valence-electron chi connectivity index (χ0n) is 19.6. The van der Waals surface area contributed by atoms with Crippen LogP contribution in [0.4, 0.5) is 0 Å². The van der Waals surface area contributed by atoms with Crippen LogP contribution in [0.3, 0.4) is 0 Å². The lowest BCUT2D eigenvalue weighted by Gasteiger charge is -2.34. The fourth-order valence-corrected chi connectivity index (χ4v) is 3.28. The summed E-state index contributed by atoms with van der Waals surface area (Å²) >= 11 is 0. The van der Waals surface area contributed by atoms with Gasteiger partial charge in [0.15, 0.2) is 11.5 Å². The van der Waals surface area contributed by atoms with Gasteiger partial charge in [-0.3, -0.25) is 0 Å². The van der Waals surface area contributed by atoms with E-state index in [1.165, 1.54) is 22.8 Å². The Morgan fingerprint density at radius 1 is 0.667 bits per heavy atom. The number of hydrogen-bond donors (Lipinski definition) is 5. The number of rotatable bonds is 1. The topological polar surface area (TPSA) is 101 Å². The van der Waals surface area contributed by atoms with Gasteiger partial charge in [-0.2, -0.15) is 0 Å². The number of phenols is 2. The number of phenolic OH excluding ortho intramolecular Hbond substituents is 2. The third-order valence-corrected chi connectivity index (χ3v) is 4.90. The standard InChI is InChI=1S/C24H34O2.H3O3P/c1-22(2,3)15-13-17(23(4,5)6)20(18(14-15)24(7,8)9)16-11-10-12-19(25)21(16)26;1-4(2)3/h10-14,25-26H,1-9H3;1-3H. The minimum atomic E-state index is -2.62. The fraction of sp³-hybridized carbons (Fsp3) is 0.500. The van der Waals surface area contributed by atoms with Crippen LogP contribution in [0.25, 0.3) is 11.1 Å². The van der Waals surface area contributed by atoms with Crippen molar-refractivity contribution in [2.45, 2.75) is 78.6 Å². The first-order chi connectivity index (χ1) is 13.4. The van der Waals surface area contributed by atoms with Gasteiger partial charge in [0.2, 0.25) is 0 Å². The van der Waals surface area contributed by atoms with E-state index >= 15 is 0 Å². The molecule has 168 valence electrons. The van der Waals surface area contributed by atoms with Crippen molar-refractivity contribution in [3.63, 3.8) is 0 Å². The number of para-hydroxylation sites is 1. The molecule has 0 spiro atoms. The molecule has 0 amide bonds. The highest BCUT2D eigenvalue weighted by Crippen LogP contribution is 2.47. The summed E-state index contributed by atoms with van der Waals surface area (Å²) in [6, 6.07) is 9.75. The van der Waals surface area contributed by atoms with Crippen molar-refractivity contribution in [3.05, 3.63) is 47.0 Å². The highest BCUT2D eigenvalue weighted by Gasteiger charge is 2.30. The third-order valence-electron chi connectivity index (χ3n) is 4.90. The summed E-state index contributed by atoms with van der Waals surface area (Å²) < 4.78 is 0. The van der Waals surface area contributed by atoms with Gasteiger partial charge < -0.3 is 24.9 Å². The van der Waals surface area contributed by atoms with Gasteiger partial charge in [0, 0.05) is 5.56 Å². The van der Waals surface area contributed by atoms with Crippen molar-refractivity contribution in [2.24, 2.45) is 0 Å². The molecule has 0 atom stereocenters. The second-order valence-corrected chi connectivity index (χ2v) is 11.2. The lowest BCUT2D eigenvalue weighted by Crippen LogP contribution is -2.22. The molecule has 5 nitrogen and oxygen atoms in total. The Morgan fingerprint density at radius 3 is 1.40 bits per heavy atom. The van der Waals surface area contributed by atoms with Crippen LogP contribution in [0.1, 0.15) is 79.0 Å². The van der Waals surface area contributed by atoms with Crippen LogP contribution in [0.15, 0.2) is 30.3 Å². The summed E-state index contributed by atoms with van der Waals surface area (Å²) in [6.45, 7) is 19.9. The molecule has 0 aromatic heterocycles. The molecule has 6 heteroatoms. The molecule has 2 rings (SSSR count). The van der Waals surface area contributed by atoms with Gasteiger partial charge >= 0.3 is 8.60 Å². The molecule has 30 heavy (non-hydrogen) atoms. The molecule has 0 fully saturated rings. The first kappa shape index (κ1) is 26.4. The van der Waals surface area contributed by atoms with Crippen molar-refractivity contribution in [2.75, 3.05) is 0 Å². The monoisotopic (exact) mass is 436 g/mol. The van der Waals surface area contributed by atoms with Gasteiger partial charge in [0.05, 0.1) is 0 Å². The van der Waals surface area contributed by atoms with Crippen LogP contribution < -0.4 is 0 Å². The zero-order chi connectivity index (χ0) is 23.7. The molecule has 0 saturated carbocycles. The SMILES string of the molecule is CC(C)(C)c1cc(C(C)(C)C)c(-c2cccc(O)c2O)c(C(C)(C)C)c1.OP(O)O. The Balaban J connectivity index is 0.00000103. The molecule has 5 N–H and O–H groups in total. The zero-order valence-corrected chi connectivity index (χ0v) is 20.5. The van der Waals surface area contributed by atoms with Crippen LogP contribution in [-0.2, 0) is 16.2 Å². The normalized spacial score (nSPS) is 12.6. The molecule has 0 unspecified atom stereocenters. The van der Waals surface area contributed by atoms with E-state index in [0.29, 0.717) is 5.56 Å². The summed E-state index contributed by atoms with van der Waals surface area (Å²) in [7, 11) is -2.62. The average molecular weight is 437 g/mol. The maximum atomic E-state index is 10.6. The predicted molar refractivity (Wildman–Crippen MR) is 125 cm³/mol. The summed E-state index contributed by atoms with van der Waals surface area (Å²) in [5.74, 6) is -0.130. The molecule has 0 heterocycles. The molecule has 0 aliphatic carbocycles. The molecule has 0 bridgehead atoms. The quantitative estimate of drug-likeness (QED) is 0.285. The minimum Gasteiger partial charge on any atom is -0.504 e. The van der Waals surface area contributed by atoms with Crippen LogP contribution in [0.5, 0.6) is 11.5 Å². The number of hydrogen-bond acceptors (Lipinski definition) is 5. The van der Waals surface area contributed by atoms with Crippen LogP contribution in [0.2, 0.25) is 0 Å². The predicted octanol–water partition coefficient (Wildman–Crippen LogP) is 5.85. The molecule has 0 aliphatic heterocycles. The fourth-order valence-electron chi connectivity index (χ4n) is 3.28. The van der Waals surface area contributed by atoms with E-state index in [2.05, 4.69) is 74.4 Å². The highest BCUT2D eigenvalue weighted by atomic mass is 31.2. The van der Waals surface area contributed by atoms with Crippen molar-refractivity contribution in [1.82, 2.24) is 0 Å². The Morgan fingerprint density at radius 2 is 1.07 bits per heavy atom. The molecule has 2 aromatic carbocycles. The molecular weight excluding hydrogens is 399 g/mol. The number of aromatic hydroxyl groups is 2. The number of benzene rings is 2. The summed E-state index contributed by atoms with van der Waals surface area (Å²) in [5, 5.41) is 20.7. The lowest BCUT2D eigenvalue weighted by molar-refractivity contribution is 0.368. The van der Waals surface area contributed by atoms with Gasteiger partial charge in [-0.1, -0.05) is 86.6 Å². The minimum absolute atomic E-state index is 0.0272. The van der Waals surface area contributed by atoms with Crippen LogP contribution >= 0.6 is 8.60 Å². The van der Waals surface area contributed by atoms with E-state index in [-0.39, 0.29) is 27.7 Å². The molecule has 0 radical (unpaired) electrons. The van der Waals surface area contributed by atoms with Gasteiger partial charge in [-0.05, 0) is 44.6 Å².